The van der Waals surface area contributed by atoms with Crippen LogP contribution in [0.3, 0.4) is 0 Å². The van der Waals surface area contributed by atoms with Gasteiger partial charge in [-0.3, -0.25) is 0 Å². The van der Waals surface area contributed by atoms with Crippen molar-refractivity contribution >= 4 is 5.97 Å². The van der Waals surface area contributed by atoms with Crippen LogP contribution in [0, 0.1) is 0 Å². The summed E-state index contributed by atoms with van der Waals surface area (Å²) in [6, 6.07) is 0. The van der Waals surface area contributed by atoms with Crippen LogP contribution in [-0.4, -0.2) is 23.8 Å². The number of carbonyl (C=O) groups excluding carboxylic acids is 1. The van der Waals surface area contributed by atoms with Crippen molar-refractivity contribution < 1.29 is 14.6 Å². The standard InChI is InChI=1S/C8H16O3/c1-4-6-8(10,5-2)7(9)11-3/h10H,4-6H2,1-3H3/t8-/m0/s1. The molecule has 0 aromatic carbocycles. The van der Waals surface area contributed by atoms with E-state index in [0.717, 1.165) is 6.42 Å². The Labute approximate surface area is 67.4 Å². The minimum atomic E-state index is -1.26. The van der Waals surface area contributed by atoms with E-state index in [0.29, 0.717) is 12.8 Å². The van der Waals surface area contributed by atoms with E-state index in [1.807, 2.05) is 6.92 Å². The zero-order valence-corrected chi connectivity index (χ0v) is 7.39. The second-order valence-electron chi connectivity index (χ2n) is 2.63. The molecule has 0 radical (unpaired) electrons. The first-order valence-corrected chi connectivity index (χ1v) is 3.91. The molecule has 0 aliphatic rings. The molecule has 0 saturated heterocycles. The number of esters is 1. The van der Waals surface area contributed by atoms with Gasteiger partial charge in [-0.2, -0.15) is 0 Å². The van der Waals surface area contributed by atoms with Gasteiger partial charge in [-0.1, -0.05) is 20.3 Å². The Kier molecular flexibility index (Phi) is 4.11. The lowest BCUT2D eigenvalue weighted by Gasteiger charge is -2.22. The Balaban J connectivity index is 4.19. The van der Waals surface area contributed by atoms with Gasteiger partial charge in [-0.25, -0.2) is 4.79 Å². The van der Waals surface area contributed by atoms with Gasteiger partial charge in [-0.15, -0.1) is 0 Å². The largest absolute Gasteiger partial charge is 0.467 e. The van der Waals surface area contributed by atoms with Crippen molar-refractivity contribution in [2.45, 2.75) is 38.7 Å². The third kappa shape index (κ3) is 2.50. The van der Waals surface area contributed by atoms with Crippen molar-refractivity contribution in [1.82, 2.24) is 0 Å². The molecule has 0 fully saturated rings. The minimum absolute atomic E-state index is 0.410. The van der Waals surface area contributed by atoms with Crippen molar-refractivity contribution in [3.8, 4) is 0 Å². The number of rotatable bonds is 4. The molecule has 1 atom stereocenters. The maximum absolute atomic E-state index is 11.0. The number of hydrogen-bond acceptors (Lipinski definition) is 3. The molecule has 1 N–H and O–H groups in total. The van der Waals surface area contributed by atoms with Crippen molar-refractivity contribution in [1.29, 1.82) is 0 Å². The molecule has 3 heteroatoms. The molecule has 0 spiro atoms. The molecule has 0 unspecified atom stereocenters. The van der Waals surface area contributed by atoms with Crippen LogP contribution in [0.1, 0.15) is 33.1 Å². The SMILES string of the molecule is CCC[C@@](O)(CC)C(=O)OC. The number of carbonyl (C=O) groups is 1. The lowest BCUT2D eigenvalue weighted by molar-refractivity contribution is -0.163. The molecular weight excluding hydrogens is 144 g/mol. The van der Waals surface area contributed by atoms with Gasteiger partial charge in [0, 0.05) is 0 Å². The molecule has 66 valence electrons. The lowest BCUT2D eigenvalue weighted by Crippen LogP contribution is -2.38. The highest BCUT2D eigenvalue weighted by Gasteiger charge is 2.33. The molecule has 3 nitrogen and oxygen atoms in total. The van der Waals surface area contributed by atoms with E-state index in [1.54, 1.807) is 6.92 Å². The average molecular weight is 160 g/mol. The van der Waals surface area contributed by atoms with E-state index < -0.39 is 11.6 Å². The van der Waals surface area contributed by atoms with Crippen LogP contribution in [0.2, 0.25) is 0 Å². The van der Waals surface area contributed by atoms with Gasteiger partial charge in [0.1, 0.15) is 0 Å². The number of hydrogen-bond donors (Lipinski definition) is 1. The van der Waals surface area contributed by atoms with Crippen molar-refractivity contribution in [3.05, 3.63) is 0 Å². The van der Waals surface area contributed by atoms with E-state index in [4.69, 9.17) is 0 Å². The minimum Gasteiger partial charge on any atom is -0.467 e. The third-order valence-electron chi connectivity index (χ3n) is 1.81. The zero-order valence-electron chi connectivity index (χ0n) is 7.39. The van der Waals surface area contributed by atoms with Crippen LogP contribution in [0.15, 0.2) is 0 Å². The highest BCUT2D eigenvalue weighted by Crippen LogP contribution is 2.18. The molecule has 0 bridgehead atoms. The summed E-state index contributed by atoms with van der Waals surface area (Å²) in [6.07, 6.45) is 1.66. The number of ether oxygens (including phenoxy) is 1. The Morgan fingerprint density at radius 1 is 1.55 bits per heavy atom. The number of aliphatic hydroxyl groups is 1. The molecule has 0 amide bonds. The predicted octanol–water partition coefficient (Wildman–Crippen LogP) is 1.10. The van der Waals surface area contributed by atoms with Crippen LogP contribution < -0.4 is 0 Å². The first-order valence-electron chi connectivity index (χ1n) is 3.91. The second-order valence-corrected chi connectivity index (χ2v) is 2.63. The van der Waals surface area contributed by atoms with Gasteiger partial charge in [0.25, 0.3) is 0 Å². The van der Waals surface area contributed by atoms with Gasteiger partial charge in [0.05, 0.1) is 7.11 Å². The van der Waals surface area contributed by atoms with Gasteiger partial charge in [-0.05, 0) is 12.8 Å². The summed E-state index contributed by atoms with van der Waals surface area (Å²) in [4.78, 5) is 11.0. The average Bonchev–Trinajstić information content (AvgIpc) is 2.03. The molecule has 0 aromatic rings. The lowest BCUT2D eigenvalue weighted by atomic mass is 9.95. The first kappa shape index (κ1) is 10.4. The highest BCUT2D eigenvalue weighted by molar-refractivity contribution is 5.78. The predicted molar refractivity (Wildman–Crippen MR) is 42.2 cm³/mol. The van der Waals surface area contributed by atoms with Crippen LogP contribution in [0.4, 0.5) is 0 Å². The topological polar surface area (TPSA) is 46.5 Å². The molecular formula is C8H16O3. The summed E-state index contributed by atoms with van der Waals surface area (Å²) in [7, 11) is 1.29. The van der Waals surface area contributed by atoms with Gasteiger partial charge in [0.2, 0.25) is 0 Å². The summed E-state index contributed by atoms with van der Waals surface area (Å²) >= 11 is 0. The summed E-state index contributed by atoms with van der Waals surface area (Å²) in [5, 5.41) is 9.61. The molecule has 0 saturated carbocycles. The maximum Gasteiger partial charge on any atom is 0.337 e. The van der Waals surface area contributed by atoms with Gasteiger partial charge >= 0.3 is 5.97 Å². The third-order valence-corrected chi connectivity index (χ3v) is 1.81. The molecule has 0 aromatic heterocycles. The summed E-state index contributed by atoms with van der Waals surface area (Å²) in [5.41, 5.74) is -1.26. The first-order chi connectivity index (χ1) is 5.10. The smallest absolute Gasteiger partial charge is 0.337 e. The highest BCUT2D eigenvalue weighted by atomic mass is 16.5. The van der Waals surface area contributed by atoms with Gasteiger partial charge < -0.3 is 9.84 Å². The Morgan fingerprint density at radius 2 is 2.09 bits per heavy atom. The van der Waals surface area contributed by atoms with Gasteiger partial charge in [0.15, 0.2) is 5.60 Å². The van der Waals surface area contributed by atoms with Crippen LogP contribution in [0.25, 0.3) is 0 Å². The zero-order chi connectivity index (χ0) is 8.91. The van der Waals surface area contributed by atoms with E-state index in [9.17, 15) is 9.90 Å². The van der Waals surface area contributed by atoms with Crippen molar-refractivity contribution in [2.75, 3.05) is 7.11 Å². The van der Waals surface area contributed by atoms with Crippen molar-refractivity contribution in [3.63, 3.8) is 0 Å². The second kappa shape index (κ2) is 4.34. The number of methoxy groups -OCH3 is 1. The maximum atomic E-state index is 11.0. The van der Waals surface area contributed by atoms with Crippen LogP contribution >= 0.6 is 0 Å². The van der Waals surface area contributed by atoms with E-state index in [1.165, 1.54) is 7.11 Å². The van der Waals surface area contributed by atoms with E-state index in [-0.39, 0.29) is 0 Å². The Hall–Kier alpha value is -0.570. The summed E-state index contributed by atoms with van der Waals surface area (Å²) in [5.74, 6) is -0.526. The fourth-order valence-electron chi connectivity index (χ4n) is 1.03. The Morgan fingerprint density at radius 3 is 2.36 bits per heavy atom. The molecule has 0 rings (SSSR count). The Bertz CT molecular complexity index is 133. The van der Waals surface area contributed by atoms with E-state index >= 15 is 0 Å². The normalized spacial score (nSPS) is 15.6. The molecule has 11 heavy (non-hydrogen) atoms. The van der Waals surface area contributed by atoms with Crippen LogP contribution in [-0.2, 0) is 9.53 Å². The fraction of sp³-hybridized carbons (Fsp3) is 0.875. The summed E-state index contributed by atoms with van der Waals surface area (Å²) < 4.78 is 4.47. The molecule has 0 aliphatic carbocycles. The molecule has 0 aliphatic heterocycles. The summed E-state index contributed by atoms with van der Waals surface area (Å²) in [6.45, 7) is 3.69. The van der Waals surface area contributed by atoms with E-state index in [2.05, 4.69) is 4.74 Å². The van der Waals surface area contributed by atoms with Crippen molar-refractivity contribution in [2.24, 2.45) is 0 Å². The van der Waals surface area contributed by atoms with Crippen LogP contribution in [0.5, 0.6) is 0 Å². The fourth-order valence-corrected chi connectivity index (χ4v) is 1.03. The quantitative estimate of drug-likeness (QED) is 0.626. The monoisotopic (exact) mass is 160 g/mol. The molecule has 0 heterocycles.